The lowest BCUT2D eigenvalue weighted by Crippen LogP contribution is -2.13. The Hall–Kier alpha value is -2.50. The summed E-state index contributed by atoms with van der Waals surface area (Å²) < 4.78 is 12.4. The third-order valence-electron chi connectivity index (χ3n) is 3.22. The second-order valence-electron chi connectivity index (χ2n) is 5.14. The van der Waals surface area contributed by atoms with Crippen LogP contribution in [0.5, 0.6) is 11.6 Å². The highest BCUT2D eigenvalue weighted by Gasteiger charge is 2.18. The van der Waals surface area contributed by atoms with Gasteiger partial charge in [-0.1, -0.05) is 13.8 Å². The van der Waals surface area contributed by atoms with Gasteiger partial charge in [0.2, 0.25) is 5.88 Å². The van der Waals surface area contributed by atoms with Gasteiger partial charge < -0.3 is 14.8 Å². The minimum atomic E-state index is -0.233. The van der Waals surface area contributed by atoms with Crippen LogP contribution in [0, 0.1) is 0 Å². The highest BCUT2D eigenvalue weighted by atomic mass is 16.5. The largest absolute Gasteiger partial charge is 0.497 e. The molecule has 2 rings (SSSR count). The first-order valence-electron chi connectivity index (χ1n) is 7.83. The maximum atomic E-state index is 12.5. The van der Waals surface area contributed by atoms with Gasteiger partial charge >= 0.3 is 0 Å². The van der Waals surface area contributed by atoms with E-state index in [9.17, 15) is 4.79 Å². The third-order valence-corrected chi connectivity index (χ3v) is 3.22. The molecule has 1 aromatic carbocycles. The van der Waals surface area contributed by atoms with E-state index in [0.29, 0.717) is 23.7 Å². The fourth-order valence-corrected chi connectivity index (χ4v) is 2.08. The summed E-state index contributed by atoms with van der Waals surface area (Å²) in [5.41, 5.74) is 1.14. The Kier molecular flexibility index (Phi) is 6.02. The number of benzene rings is 1. The van der Waals surface area contributed by atoms with Gasteiger partial charge in [-0.05, 0) is 37.1 Å². The van der Waals surface area contributed by atoms with E-state index in [-0.39, 0.29) is 5.91 Å². The Balaban J connectivity index is 2.15. The van der Waals surface area contributed by atoms with Crippen LogP contribution in [0.25, 0.3) is 0 Å². The molecule has 0 unspecified atom stereocenters. The molecule has 1 heterocycles. The third kappa shape index (κ3) is 4.48. The Labute approximate surface area is 136 Å². The summed E-state index contributed by atoms with van der Waals surface area (Å²) in [4.78, 5) is 12.5. The monoisotopic (exact) mass is 317 g/mol. The van der Waals surface area contributed by atoms with Crippen molar-refractivity contribution < 1.29 is 14.3 Å². The van der Waals surface area contributed by atoms with Crippen LogP contribution in [0.15, 0.2) is 30.5 Å². The van der Waals surface area contributed by atoms with Gasteiger partial charge in [-0.3, -0.25) is 9.48 Å². The number of carbonyl (C=O) groups excluding carboxylic acids is 1. The molecule has 0 spiro atoms. The van der Waals surface area contributed by atoms with Gasteiger partial charge in [0, 0.05) is 18.4 Å². The van der Waals surface area contributed by atoms with E-state index in [4.69, 9.17) is 9.47 Å². The van der Waals surface area contributed by atoms with Crippen molar-refractivity contribution in [1.82, 2.24) is 9.78 Å². The molecule has 1 aromatic heterocycles. The molecule has 0 saturated carbocycles. The first-order chi connectivity index (χ1) is 11.2. The zero-order valence-corrected chi connectivity index (χ0v) is 13.8. The number of amides is 1. The van der Waals surface area contributed by atoms with Crippen LogP contribution in [0.1, 0.15) is 37.0 Å². The number of hydrogen-bond donors (Lipinski definition) is 1. The minimum Gasteiger partial charge on any atom is -0.497 e. The summed E-state index contributed by atoms with van der Waals surface area (Å²) in [5.74, 6) is 0.890. The van der Waals surface area contributed by atoms with E-state index in [1.165, 1.54) is 0 Å². The lowest BCUT2D eigenvalue weighted by molar-refractivity contribution is 0.102. The summed E-state index contributed by atoms with van der Waals surface area (Å²) in [6.45, 7) is 5.36. The SMILES string of the molecule is CCCOc1nn(CCC)cc1C(=O)Nc1ccc(OC)cc1. The van der Waals surface area contributed by atoms with Gasteiger partial charge in [0.1, 0.15) is 11.3 Å². The zero-order chi connectivity index (χ0) is 16.7. The van der Waals surface area contributed by atoms with E-state index >= 15 is 0 Å². The van der Waals surface area contributed by atoms with Crippen molar-refractivity contribution in [3.05, 3.63) is 36.0 Å². The van der Waals surface area contributed by atoms with Crippen LogP contribution in [0.2, 0.25) is 0 Å². The molecular formula is C17H23N3O3. The number of methoxy groups -OCH3 is 1. The summed E-state index contributed by atoms with van der Waals surface area (Å²) in [7, 11) is 1.60. The molecule has 1 amide bonds. The van der Waals surface area contributed by atoms with E-state index < -0.39 is 0 Å². The molecule has 0 atom stereocenters. The summed E-state index contributed by atoms with van der Waals surface area (Å²) in [6, 6.07) is 7.18. The first kappa shape index (κ1) is 16.9. The molecule has 0 aliphatic rings. The number of anilines is 1. The summed E-state index contributed by atoms with van der Waals surface area (Å²) in [5, 5.41) is 7.20. The normalized spacial score (nSPS) is 10.4. The van der Waals surface area contributed by atoms with Crippen molar-refractivity contribution in [2.75, 3.05) is 19.0 Å². The molecule has 0 radical (unpaired) electrons. The Bertz CT molecular complexity index is 635. The standard InChI is InChI=1S/C17H23N3O3/c1-4-10-20-12-15(17(19-20)23-11-5-2)16(21)18-13-6-8-14(22-3)9-7-13/h6-9,12H,4-5,10-11H2,1-3H3,(H,18,21). The second-order valence-corrected chi connectivity index (χ2v) is 5.14. The van der Waals surface area contributed by atoms with Crippen molar-refractivity contribution in [3.8, 4) is 11.6 Å². The van der Waals surface area contributed by atoms with Gasteiger partial charge in [0.05, 0.1) is 13.7 Å². The number of rotatable bonds is 8. The smallest absolute Gasteiger partial charge is 0.262 e. The van der Waals surface area contributed by atoms with Crippen LogP contribution in [0.4, 0.5) is 5.69 Å². The second kappa shape index (κ2) is 8.22. The number of aryl methyl sites for hydroxylation is 1. The lowest BCUT2D eigenvalue weighted by atomic mass is 10.2. The molecule has 6 heteroatoms. The first-order valence-corrected chi connectivity index (χ1v) is 7.83. The van der Waals surface area contributed by atoms with Crippen molar-refractivity contribution in [2.45, 2.75) is 33.2 Å². The Morgan fingerprint density at radius 2 is 1.96 bits per heavy atom. The zero-order valence-electron chi connectivity index (χ0n) is 13.8. The fraction of sp³-hybridized carbons (Fsp3) is 0.412. The number of hydrogen-bond acceptors (Lipinski definition) is 4. The molecule has 0 bridgehead atoms. The quantitative estimate of drug-likeness (QED) is 0.811. The highest BCUT2D eigenvalue weighted by molar-refractivity contribution is 6.05. The maximum absolute atomic E-state index is 12.5. The summed E-state index contributed by atoms with van der Waals surface area (Å²) >= 11 is 0. The maximum Gasteiger partial charge on any atom is 0.262 e. The van der Waals surface area contributed by atoms with Crippen molar-refractivity contribution in [1.29, 1.82) is 0 Å². The predicted molar refractivity (Wildman–Crippen MR) is 89.3 cm³/mol. The molecule has 124 valence electrons. The highest BCUT2D eigenvalue weighted by Crippen LogP contribution is 2.20. The average Bonchev–Trinajstić information content (AvgIpc) is 2.97. The number of carbonyl (C=O) groups is 1. The lowest BCUT2D eigenvalue weighted by Gasteiger charge is -2.07. The van der Waals surface area contributed by atoms with Crippen LogP contribution < -0.4 is 14.8 Å². The topological polar surface area (TPSA) is 65.4 Å². The van der Waals surface area contributed by atoms with Crippen molar-refractivity contribution >= 4 is 11.6 Å². The van der Waals surface area contributed by atoms with E-state index in [2.05, 4.69) is 17.3 Å². The number of ether oxygens (including phenoxy) is 2. The molecule has 23 heavy (non-hydrogen) atoms. The van der Waals surface area contributed by atoms with Crippen LogP contribution in [-0.2, 0) is 6.54 Å². The van der Waals surface area contributed by atoms with Gasteiger partial charge in [-0.25, -0.2) is 0 Å². The van der Waals surface area contributed by atoms with E-state index in [1.807, 2.05) is 6.92 Å². The van der Waals surface area contributed by atoms with E-state index in [1.54, 1.807) is 42.3 Å². The molecule has 0 aliphatic heterocycles. The molecule has 0 fully saturated rings. The molecule has 6 nitrogen and oxygen atoms in total. The Morgan fingerprint density at radius 1 is 1.22 bits per heavy atom. The Morgan fingerprint density at radius 3 is 2.57 bits per heavy atom. The summed E-state index contributed by atoms with van der Waals surface area (Å²) in [6.07, 6.45) is 3.53. The van der Waals surface area contributed by atoms with Crippen molar-refractivity contribution in [3.63, 3.8) is 0 Å². The predicted octanol–water partition coefficient (Wildman–Crippen LogP) is 3.34. The molecule has 0 saturated heterocycles. The van der Waals surface area contributed by atoms with Crippen LogP contribution in [0.3, 0.4) is 0 Å². The minimum absolute atomic E-state index is 0.233. The molecule has 1 N–H and O–H groups in total. The van der Waals surface area contributed by atoms with Crippen LogP contribution in [-0.4, -0.2) is 29.4 Å². The number of nitrogens with zero attached hydrogens (tertiary/aromatic N) is 2. The van der Waals surface area contributed by atoms with Gasteiger partial charge in [-0.2, -0.15) is 0 Å². The molecule has 2 aromatic rings. The molecular weight excluding hydrogens is 294 g/mol. The van der Waals surface area contributed by atoms with Crippen molar-refractivity contribution in [2.24, 2.45) is 0 Å². The molecule has 0 aliphatic carbocycles. The number of nitrogens with one attached hydrogen (secondary N) is 1. The van der Waals surface area contributed by atoms with Gasteiger partial charge in [-0.15, -0.1) is 5.10 Å². The van der Waals surface area contributed by atoms with Gasteiger partial charge in [0.25, 0.3) is 5.91 Å². The van der Waals surface area contributed by atoms with Gasteiger partial charge in [0.15, 0.2) is 0 Å². The fourth-order valence-electron chi connectivity index (χ4n) is 2.08. The average molecular weight is 317 g/mol. The van der Waals surface area contributed by atoms with Crippen LogP contribution >= 0.6 is 0 Å². The van der Waals surface area contributed by atoms with E-state index in [0.717, 1.165) is 25.1 Å². The number of aromatic nitrogens is 2.